The molecule has 1 nitrogen and oxygen atoms in total. The SMILES string of the molecule is Cc1ccc(SC=CC(=S)Nc2ccccc2)c(C)c1. The van der Waals surface area contributed by atoms with Crippen LogP contribution >= 0.6 is 24.0 Å². The molecular formula is C17H17NS2. The van der Waals surface area contributed by atoms with E-state index in [1.165, 1.54) is 16.0 Å². The number of hydrogen-bond acceptors (Lipinski definition) is 2. The van der Waals surface area contributed by atoms with Gasteiger partial charge in [0.05, 0.1) is 0 Å². The normalized spacial score (nSPS) is 10.7. The maximum atomic E-state index is 5.29. The van der Waals surface area contributed by atoms with Crippen LogP contribution < -0.4 is 5.32 Å². The summed E-state index contributed by atoms with van der Waals surface area (Å²) in [5.41, 5.74) is 3.59. The summed E-state index contributed by atoms with van der Waals surface area (Å²) in [4.78, 5) is 1.97. The van der Waals surface area contributed by atoms with Gasteiger partial charge in [-0.15, -0.1) is 0 Å². The van der Waals surface area contributed by atoms with Crippen molar-refractivity contribution >= 4 is 34.7 Å². The molecule has 0 aliphatic heterocycles. The molecular weight excluding hydrogens is 282 g/mol. The number of benzene rings is 2. The minimum Gasteiger partial charge on any atom is -0.347 e. The molecule has 0 amide bonds. The summed E-state index contributed by atoms with van der Waals surface area (Å²) >= 11 is 6.98. The van der Waals surface area contributed by atoms with E-state index in [1.807, 2.05) is 41.8 Å². The van der Waals surface area contributed by atoms with Crippen molar-refractivity contribution in [2.75, 3.05) is 5.32 Å². The van der Waals surface area contributed by atoms with Crippen molar-refractivity contribution in [3.05, 3.63) is 71.1 Å². The summed E-state index contributed by atoms with van der Waals surface area (Å²) in [6, 6.07) is 16.4. The molecule has 0 aromatic heterocycles. The zero-order valence-corrected chi connectivity index (χ0v) is 13.2. The number of hydrogen-bond donors (Lipinski definition) is 1. The molecule has 2 aromatic rings. The van der Waals surface area contributed by atoms with Crippen LogP contribution in [-0.4, -0.2) is 4.99 Å². The summed E-state index contributed by atoms with van der Waals surface area (Å²) in [7, 11) is 0. The van der Waals surface area contributed by atoms with Crippen LogP contribution in [0.2, 0.25) is 0 Å². The molecule has 0 unspecified atom stereocenters. The Hall–Kier alpha value is -1.58. The first-order valence-electron chi connectivity index (χ1n) is 6.41. The van der Waals surface area contributed by atoms with Crippen molar-refractivity contribution in [2.45, 2.75) is 18.7 Å². The van der Waals surface area contributed by atoms with Crippen molar-refractivity contribution in [1.29, 1.82) is 0 Å². The Morgan fingerprint density at radius 1 is 1.10 bits per heavy atom. The van der Waals surface area contributed by atoms with E-state index in [0.29, 0.717) is 4.99 Å². The fraction of sp³-hybridized carbons (Fsp3) is 0.118. The van der Waals surface area contributed by atoms with Crippen LogP contribution in [0, 0.1) is 13.8 Å². The van der Waals surface area contributed by atoms with E-state index in [1.54, 1.807) is 11.8 Å². The van der Waals surface area contributed by atoms with E-state index in [0.717, 1.165) is 5.69 Å². The van der Waals surface area contributed by atoms with E-state index in [9.17, 15) is 0 Å². The van der Waals surface area contributed by atoms with Crippen molar-refractivity contribution < 1.29 is 0 Å². The minimum atomic E-state index is 0.716. The van der Waals surface area contributed by atoms with Gasteiger partial charge in [0.15, 0.2) is 0 Å². The number of rotatable bonds is 4. The Morgan fingerprint density at radius 3 is 2.55 bits per heavy atom. The number of thiocarbonyl (C=S) groups is 1. The van der Waals surface area contributed by atoms with Crippen LogP contribution in [0.4, 0.5) is 5.69 Å². The monoisotopic (exact) mass is 299 g/mol. The predicted molar refractivity (Wildman–Crippen MR) is 93.6 cm³/mol. The largest absolute Gasteiger partial charge is 0.347 e. The predicted octanol–water partition coefficient (Wildman–Crippen LogP) is 5.35. The molecule has 0 saturated carbocycles. The lowest BCUT2D eigenvalue weighted by Crippen LogP contribution is -2.04. The van der Waals surface area contributed by atoms with E-state index >= 15 is 0 Å². The molecule has 2 aromatic carbocycles. The summed E-state index contributed by atoms with van der Waals surface area (Å²) < 4.78 is 0. The molecule has 0 fully saturated rings. The molecule has 102 valence electrons. The van der Waals surface area contributed by atoms with Gasteiger partial charge < -0.3 is 5.32 Å². The average molecular weight is 299 g/mol. The number of nitrogens with one attached hydrogen (secondary N) is 1. The van der Waals surface area contributed by atoms with E-state index in [-0.39, 0.29) is 0 Å². The lowest BCUT2D eigenvalue weighted by molar-refractivity contribution is 1.27. The third kappa shape index (κ3) is 4.51. The second kappa shape index (κ2) is 7.27. The zero-order chi connectivity index (χ0) is 14.4. The molecule has 2 rings (SSSR count). The molecule has 1 N–H and O–H groups in total. The number of aryl methyl sites for hydroxylation is 2. The van der Waals surface area contributed by atoms with Crippen LogP contribution in [-0.2, 0) is 0 Å². The second-order valence-corrected chi connectivity index (χ2v) is 5.93. The van der Waals surface area contributed by atoms with Crippen LogP contribution in [0.3, 0.4) is 0 Å². The minimum absolute atomic E-state index is 0.716. The maximum Gasteiger partial charge on any atom is 0.104 e. The molecule has 0 aliphatic carbocycles. The van der Waals surface area contributed by atoms with Gasteiger partial charge in [0.2, 0.25) is 0 Å². The Balaban J connectivity index is 1.91. The van der Waals surface area contributed by atoms with Crippen LogP contribution in [0.1, 0.15) is 11.1 Å². The van der Waals surface area contributed by atoms with Gasteiger partial charge in [-0.2, -0.15) is 0 Å². The average Bonchev–Trinajstić information content (AvgIpc) is 2.42. The fourth-order valence-electron chi connectivity index (χ4n) is 1.81. The highest BCUT2D eigenvalue weighted by atomic mass is 32.2. The maximum absolute atomic E-state index is 5.29. The van der Waals surface area contributed by atoms with E-state index in [2.05, 4.69) is 37.4 Å². The van der Waals surface area contributed by atoms with E-state index < -0.39 is 0 Å². The van der Waals surface area contributed by atoms with Crippen molar-refractivity contribution in [3.8, 4) is 0 Å². The van der Waals surface area contributed by atoms with Gasteiger partial charge in [-0.25, -0.2) is 0 Å². The van der Waals surface area contributed by atoms with Gasteiger partial charge in [-0.05, 0) is 49.1 Å². The third-order valence-corrected chi connectivity index (χ3v) is 4.01. The molecule has 0 saturated heterocycles. The van der Waals surface area contributed by atoms with Gasteiger partial charge in [0, 0.05) is 10.6 Å². The Morgan fingerprint density at radius 2 is 1.85 bits per heavy atom. The summed E-state index contributed by atoms with van der Waals surface area (Å²) in [5, 5.41) is 5.21. The first-order chi connectivity index (χ1) is 9.65. The van der Waals surface area contributed by atoms with Crippen LogP contribution in [0.5, 0.6) is 0 Å². The van der Waals surface area contributed by atoms with Crippen molar-refractivity contribution in [1.82, 2.24) is 0 Å². The number of anilines is 1. The first-order valence-corrected chi connectivity index (χ1v) is 7.70. The molecule has 0 atom stereocenters. The summed E-state index contributed by atoms with van der Waals surface area (Å²) in [6.45, 7) is 4.24. The molecule has 0 heterocycles. The van der Waals surface area contributed by atoms with E-state index in [4.69, 9.17) is 12.2 Å². The quantitative estimate of drug-likeness (QED) is 0.464. The molecule has 0 aliphatic rings. The van der Waals surface area contributed by atoms with Gasteiger partial charge in [0.1, 0.15) is 4.99 Å². The van der Waals surface area contributed by atoms with Gasteiger partial charge in [0.25, 0.3) is 0 Å². The Bertz CT molecular complexity index is 618. The molecule has 0 bridgehead atoms. The standard InChI is InChI=1S/C17H17NS2/c1-13-8-9-16(14(2)12-13)20-11-10-17(19)18-15-6-4-3-5-7-15/h3-12H,1-2H3,(H,18,19). The second-order valence-electron chi connectivity index (χ2n) is 4.54. The van der Waals surface area contributed by atoms with Crippen molar-refractivity contribution in [2.24, 2.45) is 0 Å². The molecule has 20 heavy (non-hydrogen) atoms. The molecule has 3 heteroatoms. The highest BCUT2D eigenvalue weighted by Crippen LogP contribution is 2.24. The van der Waals surface area contributed by atoms with Gasteiger partial charge in [-0.3, -0.25) is 0 Å². The van der Waals surface area contributed by atoms with Gasteiger partial charge in [-0.1, -0.05) is 59.9 Å². The summed E-state index contributed by atoms with van der Waals surface area (Å²) in [5.74, 6) is 0. The van der Waals surface area contributed by atoms with Crippen LogP contribution in [0.15, 0.2) is 64.9 Å². The number of para-hydroxylation sites is 1. The molecule has 0 spiro atoms. The first kappa shape index (κ1) is 14.8. The highest BCUT2D eigenvalue weighted by Gasteiger charge is 1.97. The highest BCUT2D eigenvalue weighted by molar-refractivity contribution is 8.02. The van der Waals surface area contributed by atoms with Crippen LogP contribution in [0.25, 0.3) is 0 Å². The molecule has 0 radical (unpaired) electrons. The Kier molecular flexibility index (Phi) is 5.39. The summed E-state index contributed by atoms with van der Waals surface area (Å²) in [6.07, 6.45) is 1.92. The topological polar surface area (TPSA) is 12.0 Å². The van der Waals surface area contributed by atoms with Crippen molar-refractivity contribution in [3.63, 3.8) is 0 Å². The lowest BCUT2D eigenvalue weighted by Gasteiger charge is -2.04. The zero-order valence-electron chi connectivity index (χ0n) is 11.6. The third-order valence-electron chi connectivity index (χ3n) is 2.79. The lowest BCUT2D eigenvalue weighted by atomic mass is 10.2. The fourth-order valence-corrected chi connectivity index (χ4v) is 2.82. The number of thioether (sulfide) groups is 1. The van der Waals surface area contributed by atoms with Gasteiger partial charge >= 0.3 is 0 Å². The Labute approximate surface area is 130 Å². The smallest absolute Gasteiger partial charge is 0.104 e.